The number of rotatable bonds is 5. The molecular weight excluding hydrogens is 515 g/mol. The molecule has 1 fully saturated rings. The van der Waals surface area contributed by atoms with Crippen molar-refractivity contribution < 1.29 is 18.7 Å². The number of ketones is 1. The van der Waals surface area contributed by atoms with E-state index >= 15 is 0 Å². The van der Waals surface area contributed by atoms with Gasteiger partial charge >= 0.3 is 0 Å². The fraction of sp³-hybridized carbons (Fsp3) is 0.241. The summed E-state index contributed by atoms with van der Waals surface area (Å²) in [6, 6.07) is 16.7. The van der Waals surface area contributed by atoms with E-state index in [0.717, 1.165) is 23.1 Å². The number of piperazine rings is 1. The highest BCUT2D eigenvalue weighted by atomic mass is 19.1. The number of carbonyl (C=O) groups excluding carboxylic acids is 2. The van der Waals surface area contributed by atoms with Crippen LogP contribution in [0.15, 0.2) is 65.6 Å². The summed E-state index contributed by atoms with van der Waals surface area (Å²) in [7, 11) is 1.77. The number of aryl methyl sites for hydroxylation is 1. The Morgan fingerprint density at radius 1 is 1.12 bits per heavy atom. The van der Waals surface area contributed by atoms with E-state index in [1.807, 2.05) is 54.3 Å². The highest BCUT2D eigenvalue weighted by Gasteiger charge is 2.34. The minimum atomic E-state index is -0.919. The zero-order chi connectivity index (χ0) is 28.0. The van der Waals surface area contributed by atoms with Gasteiger partial charge in [0.1, 0.15) is 18.1 Å². The van der Waals surface area contributed by atoms with Gasteiger partial charge in [0.25, 0.3) is 17.2 Å². The van der Waals surface area contributed by atoms with Crippen LogP contribution in [0.2, 0.25) is 0 Å². The number of aromatic amines is 1. The largest absolute Gasteiger partial charge is 0.489 e. The van der Waals surface area contributed by atoms with E-state index in [4.69, 9.17) is 4.74 Å². The highest BCUT2D eigenvalue weighted by Crippen LogP contribution is 2.37. The second kappa shape index (κ2) is 9.99. The predicted octanol–water partition coefficient (Wildman–Crippen LogP) is 3.13. The van der Waals surface area contributed by atoms with E-state index < -0.39 is 23.1 Å². The summed E-state index contributed by atoms with van der Waals surface area (Å²) in [5.74, 6) is -1.36. The topological polar surface area (TPSA) is 113 Å². The Hall–Kier alpha value is -4.93. The third-order valence-corrected chi connectivity index (χ3v) is 7.46. The van der Waals surface area contributed by atoms with Crippen LogP contribution < -0.4 is 25.4 Å². The van der Waals surface area contributed by atoms with Gasteiger partial charge in [-0.3, -0.25) is 19.4 Å². The molecule has 0 radical (unpaired) electrons. The zero-order valence-corrected chi connectivity index (χ0v) is 22.0. The first kappa shape index (κ1) is 25.4. The molecule has 2 aliphatic rings. The van der Waals surface area contributed by atoms with Gasteiger partial charge in [0, 0.05) is 49.7 Å². The second-order valence-electron chi connectivity index (χ2n) is 9.93. The maximum atomic E-state index is 13.4. The summed E-state index contributed by atoms with van der Waals surface area (Å²) in [6.45, 7) is 3.98. The number of Topliss-reactive ketones (excluding diaryl/α,β-unsaturated/α-hetero) is 1. The maximum Gasteiger partial charge on any atom is 0.298 e. The summed E-state index contributed by atoms with van der Waals surface area (Å²) in [5, 5.41) is 2.73. The van der Waals surface area contributed by atoms with Crippen molar-refractivity contribution in [1.29, 1.82) is 0 Å². The molecule has 0 saturated carbocycles. The van der Waals surface area contributed by atoms with Crippen molar-refractivity contribution in [1.82, 2.24) is 14.5 Å². The van der Waals surface area contributed by atoms with Crippen LogP contribution in [0.1, 0.15) is 16.2 Å². The van der Waals surface area contributed by atoms with Crippen LogP contribution in [-0.4, -0.2) is 58.5 Å². The monoisotopic (exact) mass is 542 g/mol. The molecule has 2 N–H and O–H groups in total. The lowest BCUT2D eigenvalue weighted by Crippen LogP contribution is -2.57. The number of ether oxygens (including phenoxy) is 1. The van der Waals surface area contributed by atoms with Gasteiger partial charge in [-0.25, -0.2) is 4.98 Å². The van der Waals surface area contributed by atoms with Crippen molar-refractivity contribution in [2.45, 2.75) is 13.0 Å². The number of nitrogens with zero attached hydrogens (tertiary/aromatic N) is 4. The number of fused-ring (bicyclic) bond motifs is 3. The molecule has 0 spiro atoms. The van der Waals surface area contributed by atoms with Crippen LogP contribution in [0.5, 0.6) is 5.75 Å². The maximum absolute atomic E-state index is 13.4. The predicted molar refractivity (Wildman–Crippen MR) is 149 cm³/mol. The van der Waals surface area contributed by atoms with Gasteiger partial charge in [-0.2, -0.15) is 4.39 Å². The molecule has 0 aliphatic carbocycles. The van der Waals surface area contributed by atoms with Crippen LogP contribution in [0.4, 0.5) is 21.7 Å². The summed E-state index contributed by atoms with van der Waals surface area (Å²) in [6.07, 6.45) is 0.926. The number of benzene rings is 2. The van der Waals surface area contributed by atoms with Crippen molar-refractivity contribution >= 4 is 29.0 Å². The van der Waals surface area contributed by atoms with Crippen LogP contribution in [0.25, 0.3) is 11.1 Å². The Kier molecular flexibility index (Phi) is 6.33. The molecule has 204 valence electrons. The number of hydrogen-bond donors (Lipinski definition) is 2. The third kappa shape index (κ3) is 4.49. The first-order valence-corrected chi connectivity index (χ1v) is 12.9. The fourth-order valence-corrected chi connectivity index (χ4v) is 5.31. The molecule has 1 saturated heterocycles. The average molecular weight is 543 g/mol. The van der Waals surface area contributed by atoms with Crippen LogP contribution in [-0.2, 0) is 11.8 Å². The van der Waals surface area contributed by atoms with Crippen molar-refractivity contribution in [2.75, 3.05) is 41.4 Å². The molecular formula is C29H27FN6O4. The van der Waals surface area contributed by atoms with Crippen molar-refractivity contribution in [3.63, 3.8) is 0 Å². The molecule has 2 aliphatic heterocycles. The molecule has 1 amide bonds. The van der Waals surface area contributed by atoms with E-state index in [0.29, 0.717) is 54.9 Å². The lowest BCUT2D eigenvalue weighted by Gasteiger charge is -2.45. The smallest absolute Gasteiger partial charge is 0.298 e. The standard InChI is InChI=1S/C29H27FN6O4/c1-17-12-21(18-6-4-3-5-7-18)25(34(17)2)26(37)28(39)32-19-8-9-23-24(13-19)40-16-20-15-35(10-11-36(20)23)29-31-14-22(30)27(38)33-29/h3-9,12-14,20H,10-11,15-16H2,1-2H3,(H,32,39)(H,31,33,38)/t20-/m1/s1. The van der Waals surface area contributed by atoms with E-state index in [-0.39, 0.29) is 6.04 Å². The molecule has 11 heteroatoms. The van der Waals surface area contributed by atoms with Gasteiger partial charge in [-0.05, 0) is 30.7 Å². The van der Waals surface area contributed by atoms with Crippen molar-refractivity contribution in [3.8, 4) is 16.9 Å². The number of amides is 1. The van der Waals surface area contributed by atoms with Gasteiger partial charge in [0.2, 0.25) is 11.8 Å². The Balaban J connectivity index is 1.18. The minimum Gasteiger partial charge on any atom is -0.489 e. The Bertz CT molecular complexity index is 1680. The molecule has 2 aromatic carbocycles. The Labute approximate surface area is 229 Å². The summed E-state index contributed by atoms with van der Waals surface area (Å²) in [5.41, 5.74) is 3.28. The van der Waals surface area contributed by atoms with Crippen molar-refractivity contribution in [2.24, 2.45) is 7.05 Å². The number of hydrogen-bond acceptors (Lipinski definition) is 7. The first-order valence-electron chi connectivity index (χ1n) is 12.9. The number of halogens is 1. The fourth-order valence-electron chi connectivity index (χ4n) is 5.31. The number of aromatic nitrogens is 3. The number of H-pyrrole nitrogens is 1. The Morgan fingerprint density at radius 2 is 1.93 bits per heavy atom. The number of nitrogens with one attached hydrogen (secondary N) is 2. The average Bonchev–Trinajstić information content (AvgIpc) is 3.27. The van der Waals surface area contributed by atoms with E-state index in [2.05, 4.69) is 20.2 Å². The van der Waals surface area contributed by atoms with Crippen LogP contribution in [0.3, 0.4) is 0 Å². The summed E-state index contributed by atoms with van der Waals surface area (Å²) >= 11 is 0. The normalized spacial score (nSPS) is 16.1. The van der Waals surface area contributed by atoms with Gasteiger partial charge in [0.05, 0.1) is 17.9 Å². The molecule has 4 aromatic rings. The molecule has 40 heavy (non-hydrogen) atoms. The molecule has 0 unspecified atom stereocenters. The second-order valence-corrected chi connectivity index (χ2v) is 9.93. The van der Waals surface area contributed by atoms with Crippen molar-refractivity contribution in [3.05, 3.63) is 88.4 Å². The van der Waals surface area contributed by atoms with Gasteiger partial charge in [-0.15, -0.1) is 0 Å². The summed E-state index contributed by atoms with van der Waals surface area (Å²) < 4.78 is 21.1. The first-order chi connectivity index (χ1) is 19.3. The minimum absolute atomic E-state index is 0.0180. The molecule has 10 nitrogen and oxygen atoms in total. The Morgan fingerprint density at radius 3 is 2.70 bits per heavy atom. The quantitative estimate of drug-likeness (QED) is 0.294. The number of anilines is 3. The van der Waals surface area contributed by atoms with E-state index in [1.165, 1.54) is 0 Å². The highest BCUT2D eigenvalue weighted by molar-refractivity contribution is 6.47. The molecule has 0 bridgehead atoms. The number of carbonyl (C=O) groups is 2. The van der Waals surface area contributed by atoms with E-state index in [1.54, 1.807) is 23.7 Å². The molecule has 1 atom stereocenters. The van der Waals surface area contributed by atoms with Gasteiger partial charge in [-0.1, -0.05) is 30.3 Å². The lowest BCUT2D eigenvalue weighted by atomic mass is 10.0. The van der Waals surface area contributed by atoms with Gasteiger partial charge < -0.3 is 24.4 Å². The zero-order valence-electron chi connectivity index (χ0n) is 22.0. The third-order valence-electron chi connectivity index (χ3n) is 7.46. The van der Waals surface area contributed by atoms with Crippen LogP contribution >= 0.6 is 0 Å². The summed E-state index contributed by atoms with van der Waals surface area (Å²) in [4.78, 5) is 48.7. The lowest BCUT2D eigenvalue weighted by molar-refractivity contribution is -0.112. The van der Waals surface area contributed by atoms with E-state index in [9.17, 15) is 18.8 Å². The van der Waals surface area contributed by atoms with Crippen LogP contribution in [0, 0.1) is 12.7 Å². The van der Waals surface area contributed by atoms with Gasteiger partial charge in [0.15, 0.2) is 0 Å². The molecule has 4 heterocycles. The molecule has 6 rings (SSSR count). The SMILES string of the molecule is Cc1cc(-c2ccccc2)c(C(=O)C(=O)Nc2ccc3c(c2)OC[C@H]2CN(c4ncc(F)c(=O)[nH]4)CCN32)n1C. The molecule has 2 aromatic heterocycles.